The van der Waals surface area contributed by atoms with Gasteiger partial charge in [-0.3, -0.25) is 9.69 Å². The molecule has 94 valence electrons. The zero-order chi connectivity index (χ0) is 12.1. The Morgan fingerprint density at radius 3 is 2.81 bits per heavy atom. The largest absolute Gasteiger partial charge is 0.376 e. The maximum atomic E-state index is 11.7. The van der Waals surface area contributed by atoms with E-state index in [9.17, 15) is 4.79 Å². The second-order valence-electron chi connectivity index (χ2n) is 4.86. The van der Waals surface area contributed by atoms with E-state index in [4.69, 9.17) is 4.74 Å². The highest BCUT2D eigenvalue weighted by Gasteiger charge is 2.26. The Kier molecular flexibility index (Phi) is 5.22. The fourth-order valence-corrected chi connectivity index (χ4v) is 2.03. The van der Waals surface area contributed by atoms with Crippen molar-refractivity contribution in [2.24, 2.45) is 0 Å². The first-order chi connectivity index (χ1) is 7.52. The van der Waals surface area contributed by atoms with Gasteiger partial charge in [0.1, 0.15) is 0 Å². The lowest BCUT2D eigenvalue weighted by molar-refractivity contribution is -0.126. The summed E-state index contributed by atoms with van der Waals surface area (Å²) < 4.78 is 5.60. The minimum absolute atomic E-state index is 0.113. The van der Waals surface area contributed by atoms with Gasteiger partial charge in [-0.15, -0.1) is 0 Å². The van der Waals surface area contributed by atoms with Crippen LogP contribution in [0.4, 0.5) is 0 Å². The van der Waals surface area contributed by atoms with Crippen LogP contribution in [0.25, 0.3) is 0 Å². The van der Waals surface area contributed by atoms with Gasteiger partial charge in [-0.2, -0.15) is 0 Å². The van der Waals surface area contributed by atoms with E-state index in [1.54, 1.807) is 0 Å². The van der Waals surface area contributed by atoms with Gasteiger partial charge < -0.3 is 10.1 Å². The second kappa shape index (κ2) is 6.21. The van der Waals surface area contributed by atoms with Crippen molar-refractivity contribution in [3.63, 3.8) is 0 Å². The number of carbonyl (C=O) groups excluding carboxylic acids is 1. The molecule has 0 bridgehead atoms. The van der Waals surface area contributed by atoms with Gasteiger partial charge in [-0.05, 0) is 27.2 Å². The summed E-state index contributed by atoms with van der Waals surface area (Å²) in [6.45, 7) is 10.2. The molecule has 1 saturated heterocycles. The number of nitrogens with one attached hydrogen (secondary N) is 1. The molecule has 16 heavy (non-hydrogen) atoms. The van der Waals surface area contributed by atoms with Crippen molar-refractivity contribution in [3.05, 3.63) is 0 Å². The Bertz CT molecular complexity index is 231. The minimum Gasteiger partial charge on any atom is -0.376 e. The summed E-state index contributed by atoms with van der Waals surface area (Å²) in [5.41, 5.74) is 0. The summed E-state index contributed by atoms with van der Waals surface area (Å²) in [5.74, 6) is 0.113. The third-order valence-electron chi connectivity index (χ3n) is 2.85. The number of morpholine rings is 1. The third kappa shape index (κ3) is 4.10. The summed E-state index contributed by atoms with van der Waals surface area (Å²) in [7, 11) is 0. The van der Waals surface area contributed by atoms with E-state index in [-0.39, 0.29) is 18.1 Å². The van der Waals surface area contributed by atoms with E-state index in [1.807, 2.05) is 13.8 Å². The Balaban J connectivity index is 2.45. The molecule has 1 amide bonds. The average Bonchev–Trinajstić information content (AvgIpc) is 2.16. The van der Waals surface area contributed by atoms with Crippen molar-refractivity contribution < 1.29 is 9.53 Å². The van der Waals surface area contributed by atoms with Crippen LogP contribution < -0.4 is 5.32 Å². The highest BCUT2D eigenvalue weighted by molar-refractivity contribution is 5.78. The predicted octanol–water partition coefficient (Wildman–Crippen LogP) is 1.01. The topological polar surface area (TPSA) is 41.6 Å². The first-order valence-corrected chi connectivity index (χ1v) is 6.18. The molecule has 0 saturated carbocycles. The Labute approximate surface area is 98.3 Å². The van der Waals surface area contributed by atoms with Crippen LogP contribution in [-0.2, 0) is 9.53 Å². The molecule has 0 aliphatic carbocycles. The van der Waals surface area contributed by atoms with Crippen molar-refractivity contribution in [3.8, 4) is 0 Å². The molecular formula is C12H24N2O2. The lowest BCUT2D eigenvalue weighted by Crippen LogP contribution is -2.52. The fraction of sp³-hybridized carbons (Fsp3) is 0.917. The minimum atomic E-state index is 0.113. The quantitative estimate of drug-likeness (QED) is 0.781. The lowest BCUT2D eigenvalue weighted by atomic mass is 10.1. The molecule has 0 spiro atoms. The van der Waals surface area contributed by atoms with Gasteiger partial charge in [0.25, 0.3) is 0 Å². The summed E-state index contributed by atoms with van der Waals surface area (Å²) in [4.78, 5) is 13.9. The highest BCUT2D eigenvalue weighted by Crippen LogP contribution is 2.13. The smallest absolute Gasteiger partial charge is 0.234 e. The van der Waals surface area contributed by atoms with E-state index < -0.39 is 0 Å². The average molecular weight is 228 g/mol. The molecule has 1 rings (SSSR count). The van der Waals surface area contributed by atoms with Crippen LogP contribution in [0.1, 0.15) is 34.1 Å². The number of amides is 1. The predicted molar refractivity (Wildman–Crippen MR) is 64.3 cm³/mol. The number of rotatable bonds is 4. The molecule has 1 fully saturated rings. The van der Waals surface area contributed by atoms with E-state index in [1.165, 1.54) is 0 Å². The molecule has 2 atom stereocenters. The van der Waals surface area contributed by atoms with Crippen LogP contribution >= 0.6 is 0 Å². The molecule has 0 radical (unpaired) electrons. The normalized spacial score (nSPS) is 27.1. The molecule has 0 aromatic heterocycles. The summed E-state index contributed by atoms with van der Waals surface area (Å²) in [5, 5.41) is 2.93. The van der Waals surface area contributed by atoms with Crippen LogP contribution in [0.5, 0.6) is 0 Å². The van der Waals surface area contributed by atoms with Crippen LogP contribution in [-0.4, -0.2) is 48.7 Å². The number of carbonyl (C=O) groups is 1. The van der Waals surface area contributed by atoms with Crippen LogP contribution in [0.2, 0.25) is 0 Å². The molecule has 0 aromatic rings. The van der Waals surface area contributed by atoms with Gasteiger partial charge in [0.05, 0.1) is 19.3 Å². The summed E-state index contributed by atoms with van der Waals surface area (Å²) in [6, 6.07) is 0.597. The number of hydrogen-bond donors (Lipinski definition) is 1. The molecule has 1 heterocycles. The van der Waals surface area contributed by atoms with Crippen molar-refractivity contribution in [2.45, 2.75) is 52.3 Å². The van der Waals surface area contributed by atoms with Crippen molar-refractivity contribution >= 4 is 5.91 Å². The molecule has 1 aliphatic heterocycles. The number of nitrogens with zero attached hydrogens (tertiary/aromatic N) is 1. The highest BCUT2D eigenvalue weighted by atomic mass is 16.5. The summed E-state index contributed by atoms with van der Waals surface area (Å²) >= 11 is 0. The monoisotopic (exact) mass is 228 g/mol. The van der Waals surface area contributed by atoms with Gasteiger partial charge in [0.2, 0.25) is 5.91 Å². The molecular weight excluding hydrogens is 204 g/mol. The van der Waals surface area contributed by atoms with Crippen LogP contribution in [0, 0.1) is 0 Å². The van der Waals surface area contributed by atoms with Gasteiger partial charge in [0.15, 0.2) is 0 Å². The second-order valence-corrected chi connectivity index (χ2v) is 4.86. The van der Waals surface area contributed by atoms with Gasteiger partial charge in [-0.1, -0.05) is 6.92 Å². The molecule has 0 aromatic carbocycles. The lowest BCUT2D eigenvalue weighted by Gasteiger charge is -2.37. The number of ether oxygens (including phenoxy) is 1. The molecule has 4 nitrogen and oxygen atoms in total. The SMILES string of the molecule is CCC1COC(C)CN1CC(=O)NC(C)C. The Morgan fingerprint density at radius 2 is 2.25 bits per heavy atom. The van der Waals surface area contributed by atoms with E-state index >= 15 is 0 Å². The molecule has 1 aliphatic rings. The van der Waals surface area contributed by atoms with Crippen molar-refractivity contribution in [2.75, 3.05) is 19.7 Å². The van der Waals surface area contributed by atoms with Crippen LogP contribution in [0.3, 0.4) is 0 Å². The van der Waals surface area contributed by atoms with E-state index in [0.29, 0.717) is 12.6 Å². The van der Waals surface area contributed by atoms with Gasteiger partial charge >= 0.3 is 0 Å². The first kappa shape index (κ1) is 13.5. The van der Waals surface area contributed by atoms with Gasteiger partial charge in [0, 0.05) is 18.6 Å². The van der Waals surface area contributed by atoms with Crippen molar-refractivity contribution in [1.82, 2.24) is 10.2 Å². The van der Waals surface area contributed by atoms with E-state index in [2.05, 4.69) is 24.1 Å². The molecule has 2 unspecified atom stereocenters. The number of hydrogen-bond acceptors (Lipinski definition) is 3. The maximum absolute atomic E-state index is 11.7. The zero-order valence-corrected chi connectivity index (χ0v) is 10.8. The van der Waals surface area contributed by atoms with Crippen LogP contribution in [0.15, 0.2) is 0 Å². The molecule has 4 heteroatoms. The Hall–Kier alpha value is -0.610. The standard InChI is InChI=1S/C12H24N2O2/c1-5-11-8-16-10(4)6-14(11)7-12(15)13-9(2)3/h9-11H,5-8H2,1-4H3,(H,13,15). The van der Waals surface area contributed by atoms with Gasteiger partial charge in [-0.25, -0.2) is 0 Å². The first-order valence-electron chi connectivity index (χ1n) is 6.18. The maximum Gasteiger partial charge on any atom is 0.234 e. The zero-order valence-electron chi connectivity index (χ0n) is 10.8. The fourth-order valence-electron chi connectivity index (χ4n) is 2.03. The van der Waals surface area contributed by atoms with E-state index in [0.717, 1.165) is 19.6 Å². The third-order valence-corrected chi connectivity index (χ3v) is 2.85. The molecule has 1 N–H and O–H groups in total. The Morgan fingerprint density at radius 1 is 1.56 bits per heavy atom. The summed E-state index contributed by atoms with van der Waals surface area (Å²) in [6.07, 6.45) is 1.26. The van der Waals surface area contributed by atoms with Crippen molar-refractivity contribution in [1.29, 1.82) is 0 Å².